The molecule has 0 aliphatic carbocycles. The second kappa shape index (κ2) is 8.43. The van der Waals surface area contributed by atoms with E-state index in [9.17, 15) is 14.4 Å². The third-order valence-electron chi connectivity index (χ3n) is 3.88. The van der Waals surface area contributed by atoms with Crippen LogP contribution in [-0.2, 0) is 17.8 Å². The molecular formula is C19H17N3O4S. The van der Waals surface area contributed by atoms with Gasteiger partial charge in [0.2, 0.25) is 0 Å². The van der Waals surface area contributed by atoms with Crippen LogP contribution in [0.25, 0.3) is 5.69 Å². The van der Waals surface area contributed by atoms with E-state index in [1.807, 2.05) is 42.5 Å². The second-order valence-electron chi connectivity index (χ2n) is 5.75. The van der Waals surface area contributed by atoms with Crippen LogP contribution in [0.15, 0.2) is 76.3 Å². The Labute approximate surface area is 158 Å². The molecule has 1 aromatic heterocycles. The molecule has 0 atom stereocenters. The zero-order valence-corrected chi connectivity index (χ0v) is 15.1. The Balaban J connectivity index is 1.80. The zero-order chi connectivity index (χ0) is 19.2. The molecule has 138 valence electrons. The lowest BCUT2D eigenvalue weighted by Gasteiger charge is -2.02. The Morgan fingerprint density at radius 3 is 2.41 bits per heavy atom. The van der Waals surface area contributed by atoms with E-state index in [4.69, 9.17) is 5.21 Å². The smallest absolute Gasteiger partial charge is 0.288 e. The molecule has 0 aliphatic rings. The van der Waals surface area contributed by atoms with Crippen molar-refractivity contribution >= 4 is 17.4 Å². The summed E-state index contributed by atoms with van der Waals surface area (Å²) in [4.78, 5) is 35.5. The minimum atomic E-state index is -0.595. The van der Waals surface area contributed by atoms with Gasteiger partial charge in [-0.1, -0.05) is 48.5 Å². The lowest BCUT2D eigenvalue weighted by Crippen LogP contribution is -2.28. The summed E-state index contributed by atoms with van der Waals surface area (Å²) in [6, 6.07) is 16.5. The number of amides is 1. The molecule has 0 bridgehead atoms. The van der Waals surface area contributed by atoms with Crippen molar-refractivity contribution in [3.05, 3.63) is 98.0 Å². The first-order valence-electron chi connectivity index (χ1n) is 8.15. The fourth-order valence-corrected chi connectivity index (χ4v) is 3.32. The molecule has 2 N–H and O–H groups in total. The summed E-state index contributed by atoms with van der Waals surface area (Å²) in [7, 11) is 0. The van der Waals surface area contributed by atoms with Crippen LogP contribution in [0.1, 0.15) is 11.1 Å². The molecule has 3 aromatic rings. The highest BCUT2D eigenvalue weighted by Gasteiger charge is 2.12. The number of nitrogens with one attached hydrogen (secondary N) is 1. The summed E-state index contributed by atoms with van der Waals surface area (Å²) in [6.07, 6.45) is 3.34. The SMILES string of the molecule is O=C(/C=C/Cc1ccc(-n2sc(=O)n(Cc3ccccc3)c2=O)cc1)NO. The second-order valence-corrected chi connectivity index (χ2v) is 6.65. The molecule has 2 aromatic carbocycles. The summed E-state index contributed by atoms with van der Waals surface area (Å²) in [5, 5.41) is 8.43. The van der Waals surface area contributed by atoms with Gasteiger partial charge in [0.05, 0.1) is 12.2 Å². The number of hydrogen-bond donors (Lipinski definition) is 2. The largest absolute Gasteiger partial charge is 0.346 e. The summed E-state index contributed by atoms with van der Waals surface area (Å²) >= 11 is 0.861. The van der Waals surface area contributed by atoms with Gasteiger partial charge in [-0.25, -0.2) is 18.8 Å². The van der Waals surface area contributed by atoms with E-state index in [2.05, 4.69) is 0 Å². The molecule has 27 heavy (non-hydrogen) atoms. The molecule has 3 rings (SSSR count). The number of hydrogen-bond acceptors (Lipinski definition) is 5. The lowest BCUT2D eigenvalue weighted by atomic mass is 10.1. The highest BCUT2D eigenvalue weighted by atomic mass is 32.1. The van der Waals surface area contributed by atoms with Crippen molar-refractivity contribution in [1.82, 2.24) is 14.0 Å². The van der Waals surface area contributed by atoms with Gasteiger partial charge in [0.1, 0.15) is 0 Å². The van der Waals surface area contributed by atoms with Crippen molar-refractivity contribution in [3.63, 3.8) is 0 Å². The first-order chi connectivity index (χ1) is 13.1. The van der Waals surface area contributed by atoms with Crippen molar-refractivity contribution in [2.45, 2.75) is 13.0 Å². The molecule has 0 aliphatic heterocycles. The van der Waals surface area contributed by atoms with Crippen LogP contribution in [0.2, 0.25) is 0 Å². The van der Waals surface area contributed by atoms with Crippen molar-refractivity contribution in [2.24, 2.45) is 0 Å². The Morgan fingerprint density at radius 1 is 1.04 bits per heavy atom. The first kappa shape index (κ1) is 18.6. The van der Waals surface area contributed by atoms with Gasteiger partial charge in [0.15, 0.2) is 0 Å². The van der Waals surface area contributed by atoms with E-state index in [1.54, 1.807) is 18.2 Å². The number of carbonyl (C=O) groups is 1. The summed E-state index contributed by atoms with van der Waals surface area (Å²) < 4.78 is 2.58. The molecule has 0 unspecified atom stereocenters. The molecule has 0 fully saturated rings. The molecule has 1 amide bonds. The van der Waals surface area contributed by atoms with Gasteiger partial charge in [-0.15, -0.1) is 0 Å². The predicted molar refractivity (Wildman–Crippen MR) is 102 cm³/mol. The summed E-state index contributed by atoms with van der Waals surface area (Å²) in [5.41, 5.74) is 3.56. The van der Waals surface area contributed by atoms with Crippen LogP contribution < -0.4 is 16.0 Å². The number of allylic oxidation sites excluding steroid dienone is 1. The van der Waals surface area contributed by atoms with E-state index in [1.165, 1.54) is 20.1 Å². The van der Waals surface area contributed by atoms with Gasteiger partial charge in [0.25, 0.3) is 5.91 Å². The number of hydroxylamine groups is 1. The monoisotopic (exact) mass is 383 g/mol. The van der Waals surface area contributed by atoms with E-state index in [0.29, 0.717) is 12.1 Å². The Kier molecular flexibility index (Phi) is 5.80. The van der Waals surface area contributed by atoms with Gasteiger partial charge in [-0.3, -0.25) is 14.8 Å². The molecular weight excluding hydrogens is 366 g/mol. The van der Waals surface area contributed by atoms with Gasteiger partial charge in [-0.2, -0.15) is 0 Å². The highest BCUT2D eigenvalue weighted by Crippen LogP contribution is 2.10. The van der Waals surface area contributed by atoms with Gasteiger partial charge in [0, 0.05) is 17.6 Å². The average molecular weight is 383 g/mol. The maximum absolute atomic E-state index is 12.6. The van der Waals surface area contributed by atoms with Crippen LogP contribution in [0.5, 0.6) is 0 Å². The maximum Gasteiger partial charge on any atom is 0.346 e. The van der Waals surface area contributed by atoms with E-state index >= 15 is 0 Å². The van der Waals surface area contributed by atoms with Crippen molar-refractivity contribution in [1.29, 1.82) is 0 Å². The Bertz CT molecular complexity index is 1060. The Hall–Kier alpha value is -3.23. The summed E-state index contributed by atoms with van der Waals surface area (Å²) in [5.74, 6) is -0.595. The minimum absolute atomic E-state index is 0.234. The maximum atomic E-state index is 12.6. The van der Waals surface area contributed by atoms with Crippen LogP contribution >= 0.6 is 11.5 Å². The topological polar surface area (TPSA) is 93.3 Å². The van der Waals surface area contributed by atoms with Crippen LogP contribution in [0.4, 0.5) is 0 Å². The van der Waals surface area contributed by atoms with Gasteiger partial charge < -0.3 is 0 Å². The fourth-order valence-electron chi connectivity index (χ4n) is 2.52. The standard InChI is InChI=1S/C19H17N3O4S/c23-17(20-26)8-4-7-14-9-11-16(12-10-14)22-18(24)21(19(25)27-22)13-15-5-2-1-3-6-15/h1-6,8-12,26H,7,13H2,(H,20,23)/b8-4+. The van der Waals surface area contributed by atoms with Gasteiger partial charge >= 0.3 is 10.6 Å². The highest BCUT2D eigenvalue weighted by molar-refractivity contribution is 7.03. The van der Waals surface area contributed by atoms with E-state index in [0.717, 1.165) is 22.7 Å². The number of aromatic nitrogens is 2. The fraction of sp³-hybridized carbons (Fsp3) is 0.105. The predicted octanol–water partition coefficient (Wildman–Crippen LogP) is 1.71. The quantitative estimate of drug-likeness (QED) is 0.385. The van der Waals surface area contributed by atoms with Crippen molar-refractivity contribution in [2.75, 3.05) is 0 Å². The van der Waals surface area contributed by atoms with Gasteiger partial charge in [-0.05, 0) is 29.7 Å². The van der Waals surface area contributed by atoms with E-state index in [-0.39, 0.29) is 17.1 Å². The first-order valence-corrected chi connectivity index (χ1v) is 8.93. The molecule has 1 heterocycles. The van der Waals surface area contributed by atoms with E-state index < -0.39 is 5.91 Å². The van der Waals surface area contributed by atoms with Crippen LogP contribution in [0.3, 0.4) is 0 Å². The number of carbonyl (C=O) groups excluding carboxylic acids is 1. The number of rotatable bonds is 6. The third-order valence-corrected chi connectivity index (χ3v) is 4.81. The molecule has 0 radical (unpaired) electrons. The third kappa shape index (κ3) is 4.49. The normalized spacial score (nSPS) is 11.0. The van der Waals surface area contributed by atoms with Crippen molar-refractivity contribution in [3.8, 4) is 5.69 Å². The average Bonchev–Trinajstić information content (AvgIpc) is 2.97. The summed E-state index contributed by atoms with van der Waals surface area (Å²) in [6.45, 7) is 0.234. The molecule has 0 spiro atoms. The lowest BCUT2D eigenvalue weighted by molar-refractivity contribution is -0.124. The van der Waals surface area contributed by atoms with Crippen LogP contribution in [-0.4, -0.2) is 19.6 Å². The number of nitrogens with zero attached hydrogens (tertiary/aromatic N) is 2. The van der Waals surface area contributed by atoms with Crippen LogP contribution in [0, 0.1) is 0 Å². The molecule has 0 saturated carbocycles. The molecule has 8 heteroatoms. The van der Waals surface area contributed by atoms with Crippen molar-refractivity contribution < 1.29 is 10.0 Å². The molecule has 7 nitrogen and oxygen atoms in total. The molecule has 0 saturated heterocycles. The zero-order valence-electron chi connectivity index (χ0n) is 14.2. The minimum Gasteiger partial charge on any atom is -0.288 e. The number of benzene rings is 2. The Morgan fingerprint density at radius 2 is 1.74 bits per heavy atom.